The number of nitrogens with zero attached hydrogens (tertiary/aromatic N) is 4. The number of hydrogen-bond donors (Lipinski definition) is 0. The van der Waals surface area contributed by atoms with Crippen molar-refractivity contribution in [1.29, 1.82) is 0 Å². The molecule has 0 aliphatic carbocycles. The number of benzene rings is 3. The lowest BCUT2D eigenvalue weighted by Gasteiger charge is -2.34. The molecule has 0 radical (unpaired) electrons. The average Bonchev–Trinajstić information content (AvgIpc) is 3.54. The van der Waals surface area contributed by atoms with Gasteiger partial charge in [0.15, 0.2) is 5.13 Å². The van der Waals surface area contributed by atoms with Crippen molar-refractivity contribution in [3.8, 4) is 0 Å². The van der Waals surface area contributed by atoms with Crippen LogP contribution >= 0.6 is 22.9 Å². The summed E-state index contributed by atoms with van der Waals surface area (Å²) in [7, 11) is -3.69. The largest absolute Gasteiger partial charge is 0.345 e. The number of thiazole rings is 1. The van der Waals surface area contributed by atoms with Crippen molar-refractivity contribution in [3.63, 3.8) is 0 Å². The van der Waals surface area contributed by atoms with E-state index in [9.17, 15) is 13.2 Å². The maximum atomic E-state index is 13.2. The van der Waals surface area contributed by atoms with Gasteiger partial charge < -0.3 is 9.80 Å². The topological polar surface area (TPSA) is 73.8 Å². The Morgan fingerprint density at radius 1 is 0.889 bits per heavy atom. The first-order valence-corrected chi connectivity index (χ1v) is 14.4. The number of carbonyl (C=O) groups excluding carboxylic acids is 1. The van der Waals surface area contributed by atoms with Crippen molar-refractivity contribution in [1.82, 2.24) is 9.88 Å². The Labute approximate surface area is 218 Å². The summed E-state index contributed by atoms with van der Waals surface area (Å²) in [6, 6.07) is 19.6. The van der Waals surface area contributed by atoms with Crippen LogP contribution in [0.15, 0.2) is 71.6 Å². The quantitative estimate of drug-likeness (QED) is 0.378. The van der Waals surface area contributed by atoms with E-state index in [1.54, 1.807) is 28.4 Å². The molecule has 1 aromatic heterocycles. The number of halogens is 1. The smallest absolute Gasteiger partial charge is 0.264 e. The SMILES string of the molecule is O=C(c1ccc(S(=O)(=O)N2CCc3ccccc32)cc1)N1CCN(c2nc3c(Cl)cccc3s2)CC1. The molecular weight excluding hydrogens is 516 g/mol. The lowest BCUT2D eigenvalue weighted by Crippen LogP contribution is -2.48. The monoisotopic (exact) mass is 538 g/mol. The molecule has 0 N–H and O–H groups in total. The van der Waals surface area contributed by atoms with E-state index in [1.165, 1.54) is 16.4 Å². The highest BCUT2D eigenvalue weighted by molar-refractivity contribution is 7.92. The molecule has 6 rings (SSSR count). The molecule has 2 aliphatic rings. The summed E-state index contributed by atoms with van der Waals surface area (Å²) < 4.78 is 29.0. The molecule has 7 nitrogen and oxygen atoms in total. The first-order chi connectivity index (χ1) is 17.4. The van der Waals surface area contributed by atoms with Crippen LogP contribution in [0, 0.1) is 0 Å². The Balaban J connectivity index is 1.13. The summed E-state index contributed by atoms with van der Waals surface area (Å²) in [6.07, 6.45) is 0.696. The van der Waals surface area contributed by atoms with Crippen LogP contribution in [-0.2, 0) is 16.4 Å². The lowest BCUT2D eigenvalue weighted by molar-refractivity contribution is 0.0746. The molecule has 184 valence electrons. The molecular formula is C26H23ClN4O3S2. The fourth-order valence-electron chi connectivity index (χ4n) is 4.78. The van der Waals surface area contributed by atoms with Crippen LogP contribution in [-0.4, -0.2) is 56.9 Å². The van der Waals surface area contributed by atoms with Crippen molar-refractivity contribution in [3.05, 3.63) is 82.9 Å². The van der Waals surface area contributed by atoms with Crippen LogP contribution < -0.4 is 9.21 Å². The van der Waals surface area contributed by atoms with E-state index in [0.717, 1.165) is 26.6 Å². The number of rotatable bonds is 4. The normalized spacial score (nSPS) is 16.0. The summed E-state index contributed by atoms with van der Waals surface area (Å²) in [5.41, 5.74) is 3.05. The number of anilines is 2. The minimum atomic E-state index is -3.69. The molecule has 3 heterocycles. The number of hydrogen-bond acceptors (Lipinski definition) is 6. The predicted molar refractivity (Wildman–Crippen MR) is 144 cm³/mol. The van der Waals surface area contributed by atoms with E-state index in [0.29, 0.717) is 49.7 Å². The Bertz CT molecular complexity index is 1560. The maximum absolute atomic E-state index is 13.2. The highest BCUT2D eigenvalue weighted by Crippen LogP contribution is 2.34. The summed E-state index contributed by atoms with van der Waals surface area (Å²) in [5.74, 6) is -0.0996. The molecule has 0 saturated carbocycles. The number of sulfonamides is 1. The molecule has 1 saturated heterocycles. The molecule has 10 heteroatoms. The fourth-order valence-corrected chi connectivity index (χ4v) is 7.60. The molecule has 0 bridgehead atoms. The Morgan fingerprint density at radius 2 is 1.64 bits per heavy atom. The van der Waals surface area contributed by atoms with Gasteiger partial charge >= 0.3 is 0 Å². The number of fused-ring (bicyclic) bond motifs is 2. The molecule has 36 heavy (non-hydrogen) atoms. The number of amides is 1. The van der Waals surface area contributed by atoms with Crippen molar-refractivity contribution in [2.24, 2.45) is 0 Å². The van der Waals surface area contributed by atoms with Gasteiger partial charge in [-0.2, -0.15) is 0 Å². The van der Waals surface area contributed by atoms with Crippen LogP contribution in [0.2, 0.25) is 5.02 Å². The highest BCUT2D eigenvalue weighted by Gasteiger charge is 2.31. The van der Waals surface area contributed by atoms with Gasteiger partial charge in [-0.25, -0.2) is 13.4 Å². The van der Waals surface area contributed by atoms with Gasteiger partial charge in [0.25, 0.3) is 15.9 Å². The maximum Gasteiger partial charge on any atom is 0.264 e. The van der Waals surface area contributed by atoms with Gasteiger partial charge in [-0.05, 0) is 54.4 Å². The zero-order valence-electron chi connectivity index (χ0n) is 19.3. The van der Waals surface area contributed by atoms with E-state index < -0.39 is 10.0 Å². The average molecular weight is 539 g/mol. The molecule has 2 aliphatic heterocycles. The Kier molecular flexibility index (Phi) is 5.86. The summed E-state index contributed by atoms with van der Waals surface area (Å²) >= 11 is 7.87. The van der Waals surface area contributed by atoms with Gasteiger partial charge in [0.05, 0.1) is 20.3 Å². The van der Waals surface area contributed by atoms with Crippen LogP contribution in [0.25, 0.3) is 10.2 Å². The summed E-state index contributed by atoms with van der Waals surface area (Å²) in [5, 5.41) is 1.55. The zero-order valence-corrected chi connectivity index (χ0v) is 21.7. The van der Waals surface area contributed by atoms with Gasteiger partial charge in [0, 0.05) is 38.3 Å². The zero-order chi connectivity index (χ0) is 24.9. The fraction of sp³-hybridized carbons (Fsp3) is 0.231. The predicted octanol–water partition coefficient (Wildman–Crippen LogP) is 4.66. The van der Waals surface area contributed by atoms with E-state index in [-0.39, 0.29) is 10.8 Å². The van der Waals surface area contributed by atoms with Gasteiger partial charge in [-0.3, -0.25) is 9.10 Å². The second kappa shape index (κ2) is 9.06. The first-order valence-electron chi connectivity index (χ1n) is 11.7. The summed E-state index contributed by atoms with van der Waals surface area (Å²) in [6.45, 7) is 2.89. The number of piperazine rings is 1. The molecule has 0 unspecified atom stereocenters. The van der Waals surface area contributed by atoms with Crippen LogP contribution in [0.1, 0.15) is 15.9 Å². The second-order valence-corrected chi connectivity index (χ2v) is 12.1. The highest BCUT2D eigenvalue weighted by atomic mass is 35.5. The van der Waals surface area contributed by atoms with Gasteiger partial charge in [-0.15, -0.1) is 0 Å². The standard InChI is InChI=1S/C26H23ClN4O3S2/c27-21-5-3-7-23-24(21)28-26(35-23)30-16-14-29(15-17-30)25(32)19-8-10-20(11-9-19)36(33,34)31-13-12-18-4-1-2-6-22(18)31/h1-11H,12-17H2. The van der Waals surface area contributed by atoms with E-state index in [1.807, 2.05) is 42.5 Å². The molecule has 1 amide bonds. The van der Waals surface area contributed by atoms with Crippen molar-refractivity contribution < 1.29 is 13.2 Å². The van der Waals surface area contributed by atoms with E-state index >= 15 is 0 Å². The number of carbonyl (C=O) groups is 1. The minimum Gasteiger partial charge on any atom is -0.345 e. The molecule has 0 spiro atoms. The van der Waals surface area contributed by atoms with E-state index in [2.05, 4.69) is 4.90 Å². The van der Waals surface area contributed by atoms with Crippen molar-refractivity contribution in [2.75, 3.05) is 41.9 Å². The lowest BCUT2D eigenvalue weighted by atomic mass is 10.2. The first kappa shape index (κ1) is 23.3. The third-order valence-electron chi connectivity index (χ3n) is 6.73. The summed E-state index contributed by atoms with van der Waals surface area (Å²) in [4.78, 5) is 22.0. The molecule has 0 atom stereocenters. The Morgan fingerprint density at radius 3 is 2.39 bits per heavy atom. The van der Waals surface area contributed by atoms with Gasteiger partial charge in [0.2, 0.25) is 0 Å². The minimum absolute atomic E-state index is 0.0996. The van der Waals surface area contributed by atoms with Gasteiger partial charge in [0.1, 0.15) is 5.52 Å². The third-order valence-corrected chi connectivity index (χ3v) is 9.94. The second-order valence-electron chi connectivity index (χ2n) is 8.84. The molecule has 4 aromatic rings. The number of para-hydroxylation sites is 2. The van der Waals surface area contributed by atoms with Crippen molar-refractivity contribution >= 4 is 59.9 Å². The third kappa shape index (κ3) is 4.01. The molecule has 3 aromatic carbocycles. The van der Waals surface area contributed by atoms with E-state index in [4.69, 9.17) is 16.6 Å². The van der Waals surface area contributed by atoms with Gasteiger partial charge in [-0.1, -0.05) is 47.2 Å². The van der Waals surface area contributed by atoms with Crippen LogP contribution in [0.5, 0.6) is 0 Å². The van der Waals surface area contributed by atoms with Crippen molar-refractivity contribution in [2.45, 2.75) is 11.3 Å². The number of aromatic nitrogens is 1. The molecule has 1 fully saturated rings. The van der Waals surface area contributed by atoms with Crippen LogP contribution in [0.3, 0.4) is 0 Å². The Hall–Kier alpha value is -3.14. The van der Waals surface area contributed by atoms with Crippen LogP contribution in [0.4, 0.5) is 10.8 Å².